The number of nitro groups is 1. The minimum absolute atomic E-state index is 0.199. The molecule has 0 bridgehead atoms. The lowest BCUT2D eigenvalue weighted by Crippen LogP contribution is -2.39. The smallest absolute Gasteiger partial charge is 0.293 e. The van der Waals surface area contributed by atoms with Crippen LogP contribution in [0, 0.1) is 10.1 Å². The SMILES string of the molecule is CCC1CCCCN1c1ccc(Br)cc1[N+](=O)[O-]. The number of piperidine rings is 1. The summed E-state index contributed by atoms with van der Waals surface area (Å²) >= 11 is 3.30. The first-order chi connectivity index (χ1) is 8.63. The summed E-state index contributed by atoms with van der Waals surface area (Å²) in [5.41, 5.74) is 0.958. The van der Waals surface area contributed by atoms with Gasteiger partial charge < -0.3 is 4.90 Å². The standard InChI is InChI=1S/C13H17BrN2O2/c1-2-11-5-3-4-8-15(11)12-7-6-10(14)9-13(12)16(17)18/h6-7,9,11H,2-5,8H2,1H3. The molecular weight excluding hydrogens is 296 g/mol. The predicted octanol–water partition coefficient (Wildman–Crippen LogP) is 4.13. The highest BCUT2D eigenvalue weighted by atomic mass is 79.9. The lowest BCUT2D eigenvalue weighted by Gasteiger charge is -2.36. The van der Waals surface area contributed by atoms with Crippen molar-refractivity contribution in [3.63, 3.8) is 0 Å². The largest absolute Gasteiger partial charge is 0.363 e. The lowest BCUT2D eigenvalue weighted by atomic mass is 9.99. The molecule has 0 N–H and O–H groups in total. The molecule has 0 spiro atoms. The molecule has 1 atom stereocenters. The topological polar surface area (TPSA) is 46.4 Å². The van der Waals surface area contributed by atoms with E-state index in [4.69, 9.17) is 0 Å². The summed E-state index contributed by atoms with van der Waals surface area (Å²) in [6.45, 7) is 3.06. The van der Waals surface area contributed by atoms with E-state index in [-0.39, 0.29) is 10.6 Å². The van der Waals surface area contributed by atoms with Crippen LogP contribution < -0.4 is 4.90 Å². The summed E-state index contributed by atoms with van der Waals surface area (Å²) in [6.07, 6.45) is 4.50. The Labute approximate surface area is 115 Å². The molecule has 98 valence electrons. The van der Waals surface area contributed by atoms with Crippen molar-refractivity contribution in [3.8, 4) is 0 Å². The number of nitro benzene ring substituents is 1. The zero-order chi connectivity index (χ0) is 13.1. The zero-order valence-corrected chi connectivity index (χ0v) is 12.0. The second kappa shape index (κ2) is 5.69. The third-order valence-electron chi connectivity index (χ3n) is 3.54. The van der Waals surface area contributed by atoms with Gasteiger partial charge in [0, 0.05) is 23.1 Å². The number of anilines is 1. The van der Waals surface area contributed by atoms with Crippen LogP contribution in [0.5, 0.6) is 0 Å². The average molecular weight is 313 g/mol. The number of rotatable bonds is 3. The van der Waals surface area contributed by atoms with E-state index in [9.17, 15) is 10.1 Å². The highest BCUT2D eigenvalue weighted by Crippen LogP contribution is 2.35. The van der Waals surface area contributed by atoms with Crippen molar-refractivity contribution in [2.75, 3.05) is 11.4 Å². The van der Waals surface area contributed by atoms with Crippen LogP contribution in [-0.4, -0.2) is 17.5 Å². The van der Waals surface area contributed by atoms with Crippen molar-refractivity contribution in [2.45, 2.75) is 38.6 Å². The fourth-order valence-corrected chi connectivity index (χ4v) is 2.98. The molecule has 1 fully saturated rings. The Kier molecular flexibility index (Phi) is 4.22. The fraction of sp³-hybridized carbons (Fsp3) is 0.538. The Morgan fingerprint density at radius 2 is 2.28 bits per heavy atom. The summed E-state index contributed by atoms with van der Waals surface area (Å²) in [6, 6.07) is 5.76. The second-order valence-electron chi connectivity index (χ2n) is 4.64. The molecule has 0 amide bonds. The minimum Gasteiger partial charge on any atom is -0.363 e. The number of halogens is 1. The normalized spacial score (nSPS) is 19.9. The molecular formula is C13H17BrN2O2. The van der Waals surface area contributed by atoms with Gasteiger partial charge in [0.05, 0.1) is 4.92 Å². The summed E-state index contributed by atoms with van der Waals surface area (Å²) in [4.78, 5) is 13.1. The molecule has 1 unspecified atom stereocenters. The van der Waals surface area contributed by atoms with Crippen LogP contribution in [0.4, 0.5) is 11.4 Å². The van der Waals surface area contributed by atoms with Gasteiger partial charge in [0.2, 0.25) is 0 Å². The van der Waals surface area contributed by atoms with Gasteiger partial charge in [-0.15, -0.1) is 0 Å². The van der Waals surface area contributed by atoms with Gasteiger partial charge in [0.1, 0.15) is 5.69 Å². The molecule has 1 aromatic rings. The third-order valence-corrected chi connectivity index (χ3v) is 4.04. The Morgan fingerprint density at radius 3 is 2.94 bits per heavy atom. The maximum absolute atomic E-state index is 11.2. The Hall–Kier alpha value is -1.10. The molecule has 1 aliphatic rings. The van der Waals surface area contributed by atoms with E-state index < -0.39 is 0 Å². The quantitative estimate of drug-likeness (QED) is 0.623. The van der Waals surface area contributed by atoms with E-state index in [1.165, 1.54) is 6.42 Å². The maximum Gasteiger partial charge on any atom is 0.293 e. The van der Waals surface area contributed by atoms with E-state index in [2.05, 4.69) is 27.8 Å². The van der Waals surface area contributed by atoms with Gasteiger partial charge in [-0.2, -0.15) is 0 Å². The van der Waals surface area contributed by atoms with Crippen LogP contribution in [0.15, 0.2) is 22.7 Å². The summed E-state index contributed by atoms with van der Waals surface area (Å²) < 4.78 is 0.753. The van der Waals surface area contributed by atoms with Crippen LogP contribution in [0.2, 0.25) is 0 Å². The van der Waals surface area contributed by atoms with E-state index in [1.54, 1.807) is 6.07 Å². The van der Waals surface area contributed by atoms with E-state index >= 15 is 0 Å². The van der Waals surface area contributed by atoms with E-state index in [0.717, 1.165) is 36.0 Å². The molecule has 0 radical (unpaired) electrons. The van der Waals surface area contributed by atoms with Gasteiger partial charge in [-0.25, -0.2) is 0 Å². The number of hydrogen-bond acceptors (Lipinski definition) is 3. The molecule has 1 aliphatic heterocycles. The van der Waals surface area contributed by atoms with E-state index in [0.29, 0.717) is 6.04 Å². The van der Waals surface area contributed by atoms with Crippen molar-refractivity contribution in [1.29, 1.82) is 0 Å². The first-order valence-electron chi connectivity index (χ1n) is 6.34. The molecule has 1 heterocycles. The van der Waals surface area contributed by atoms with Crippen LogP contribution in [0.3, 0.4) is 0 Å². The van der Waals surface area contributed by atoms with Gasteiger partial charge in [0.25, 0.3) is 5.69 Å². The van der Waals surface area contributed by atoms with Crippen molar-refractivity contribution in [1.82, 2.24) is 0 Å². The molecule has 18 heavy (non-hydrogen) atoms. The highest BCUT2D eigenvalue weighted by molar-refractivity contribution is 9.10. The van der Waals surface area contributed by atoms with E-state index in [1.807, 2.05) is 12.1 Å². The van der Waals surface area contributed by atoms with Crippen LogP contribution in [-0.2, 0) is 0 Å². The average Bonchev–Trinajstić information content (AvgIpc) is 2.38. The number of benzene rings is 1. The van der Waals surface area contributed by atoms with Gasteiger partial charge >= 0.3 is 0 Å². The van der Waals surface area contributed by atoms with Crippen LogP contribution in [0.1, 0.15) is 32.6 Å². The molecule has 5 heteroatoms. The van der Waals surface area contributed by atoms with Gasteiger partial charge in [-0.1, -0.05) is 22.9 Å². The molecule has 4 nitrogen and oxygen atoms in total. The van der Waals surface area contributed by atoms with Crippen molar-refractivity contribution < 1.29 is 4.92 Å². The Bertz CT molecular complexity index is 451. The Balaban J connectivity index is 2.39. The molecule has 1 aromatic carbocycles. The minimum atomic E-state index is -0.290. The molecule has 2 rings (SSSR count). The second-order valence-corrected chi connectivity index (χ2v) is 5.56. The predicted molar refractivity (Wildman–Crippen MR) is 76.1 cm³/mol. The van der Waals surface area contributed by atoms with Gasteiger partial charge in [-0.05, 0) is 37.8 Å². The summed E-state index contributed by atoms with van der Waals surface area (Å²) in [5.74, 6) is 0. The first-order valence-corrected chi connectivity index (χ1v) is 7.13. The van der Waals surface area contributed by atoms with Crippen LogP contribution in [0.25, 0.3) is 0 Å². The van der Waals surface area contributed by atoms with Gasteiger partial charge in [-0.3, -0.25) is 10.1 Å². The number of nitrogens with zero attached hydrogens (tertiary/aromatic N) is 2. The monoisotopic (exact) mass is 312 g/mol. The summed E-state index contributed by atoms with van der Waals surface area (Å²) in [5, 5.41) is 11.2. The fourth-order valence-electron chi connectivity index (χ4n) is 2.63. The lowest BCUT2D eigenvalue weighted by molar-refractivity contribution is -0.384. The van der Waals surface area contributed by atoms with Crippen molar-refractivity contribution in [2.24, 2.45) is 0 Å². The van der Waals surface area contributed by atoms with Gasteiger partial charge in [0.15, 0.2) is 0 Å². The van der Waals surface area contributed by atoms with Crippen LogP contribution >= 0.6 is 15.9 Å². The molecule has 0 saturated carbocycles. The summed E-state index contributed by atoms with van der Waals surface area (Å²) in [7, 11) is 0. The third kappa shape index (κ3) is 2.66. The van der Waals surface area contributed by atoms with Crippen molar-refractivity contribution in [3.05, 3.63) is 32.8 Å². The first kappa shape index (κ1) is 13.3. The number of hydrogen-bond donors (Lipinski definition) is 0. The molecule has 1 saturated heterocycles. The van der Waals surface area contributed by atoms with Crippen molar-refractivity contribution >= 4 is 27.3 Å². The molecule has 0 aliphatic carbocycles. The Morgan fingerprint density at radius 1 is 1.50 bits per heavy atom. The molecule has 0 aromatic heterocycles. The zero-order valence-electron chi connectivity index (χ0n) is 10.4. The highest BCUT2D eigenvalue weighted by Gasteiger charge is 2.26. The maximum atomic E-state index is 11.2.